The number of hydrogen-bond donors (Lipinski definition) is 1. The Hall–Kier alpha value is -3.78. The summed E-state index contributed by atoms with van der Waals surface area (Å²) in [6.45, 7) is 1.64. The minimum absolute atomic E-state index is 0.0592. The topological polar surface area (TPSA) is 104 Å². The third kappa shape index (κ3) is 4.81. The highest BCUT2D eigenvalue weighted by Gasteiger charge is 2.39. The van der Waals surface area contributed by atoms with E-state index in [0.29, 0.717) is 11.6 Å². The van der Waals surface area contributed by atoms with Crippen LogP contribution >= 0.6 is 11.6 Å². The highest BCUT2D eigenvalue weighted by atomic mass is 35.5. The normalized spacial score (nSPS) is 12.7. The number of rotatable bonds is 7. The van der Waals surface area contributed by atoms with Gasteiger partial charge in [-0.1, -0.05) is 17.7 Å². The van der Waals surface area contributed by atoms with Crippen LogP contribution in [0.1, 0.15) is 19.7 Å². The van der Waals surface area contributed by atoms with Crippen LogP contribution in [0.3, 0.4) is 0 Å². The molecule has 0 saturated carbocycles. The number of hydrogen-bond acceptors (Lipinski definition) is 7. The monoisotopic (exact) mass is 545 g/mol. The van der Waals surface area contributed by atoms with E-state index in [4.69, 9.17) is 21.1 Å². The average Bonchev–Trinajstić information content (AvgIpc) is 3.17. The first-order valence-electron chi connectivity index (χ1n) is 10.6. The van der Waals surface area contributed by atoms with Crippen LogP contribution in [0.25, 0.3) is 16.6 Å². The molecule has 0 aliphatic heterocycles. The molecule has 15 heteroatoms. The van der Waals surface area contributed by atoms with Crippen molar-refractivity contribution < 1.29 is 36.5 Å². The predicted molar refractivity (Wildman–Crippen MR) is 120 cm³/mol. The van der Waals surface area contributed by atoms with E-state index in [1.165, 1.54) is 12.1 Å². The molecule has 0 saturated heterocycles. The maximum Gasteiger partial charge on any atom is 0.425 e. The molecular formula is C22H17ClF5N5O4. The summed E-state index contributed by atoms with van der Waals surface area (Å²) in [5.41, 5.74) is -0.907. The van der Waals surface area contributed by atoms with E-state index in [-0.39, 0.29) is 17.4 Å². The van der Waals surface area contributed by atoms with Gasteiger partial charge in [0, 0.05) is 18.1 Å². The molecule has 9 nitrogen and oxygen atoms in total. The minimum Gasteiger partial charge on any atom is -0.464 e. The first-order chi connectivity index (χ1) is 17.5. The van der Waals surface area contributed by atoms with Crippen LogP contribution in [0.15, 0.2) is 35.3 Å². The standard InChI is InChI=1S/C22H17ClF5N5O4/c1-3-32-14(9-34)31-33(21(32)35)18-16(25)11-7-8-29-19(37-17-12(23)5-4-6-13(17)24)15(11)20(30-18)36-10(2)22(26,27)28/h4-8,10,34H,3,9H2,1-2H3. The van der Waals surface area contributed by atoms with Crippen molar-refractivity contribution in [1.29, 1.82) is 0 Å². The summed E-state index contributed by atoms with van der Waals surface area (Å²) in [7, 11) is 0. The largest absolute Gasteiger partial charge is 0.464 e. The van der Waals surface area contributed by atoms with Gasteiger partial charge < -0.3 is 14.6 Å². The lowest BCUT2D eigenvalue weighted by Crippen LogP contribution is -2.32. The molecule has 37 heavy (non-hydrogen) atoms. The fourth-order valence-corrected chi connectivity index (χ4v) is 3.58. The number of nitrogens with zero attached hydrogens (tertiary/aromatic N) is 5. The van der Waals surface area contributed by atoms with Crippen LogP contribution in [0.2, 0.25) is 5.02 Å². The summed E-state index contributed by atoms with van der Waals surface area (Å²) in [4.78, 5) is 20.5. The van der Waals surface area contributed by atoms with Crippen LogP contribution in [-0.4, -0.2) is 41.7 Å². The summed E-state index contributed by atoms with van der Waals surface area (Å²) in [6.07, 6.45) is -6.25. The maximum atomic E-state index is 15.7. The molecular weight excluding hydrogens is 529 g/mol. The molecule has 0 spiro atoms. The smallest absolute Gasteiger partial charge is 0.425 e. The van der Waals surface area contributed by atoms with Gasteiger partial charge in [-0.05, 0) is 32.0 Å². The van der Waals surface area contributed by atoms with Gasteiger partial charge in [0.05, 0.1) is 5.02 Å². The molecule has 0 bridgehead atoms. The SMILES string of the molecule is CCn1c(CO)nn(-c2nc(OC(C)C(F)(F)F)c3c(Oc4c(F)cccc4Cl)nccc3c2F)c1=O. The third-order valence-electron chi connectivity index (χ3n) is 5.23. The van der Waals surface area contributed by atoms with E-state index < -0.39 is 70.3 Å². The molecule has 4 aromatic rings. The lowest BCUT2D eigenvalue weighted by Gasteiger charge is -2.20. The van der Waals surface area contributed by atoms with Crippen LogP contribution in [0.4, 0.5) is 22.0 Å². The second-order valence-electron chi connectivity index (χ2n) is 7.56. The van der Waals surface area contributed by atoms with Crippen molar-refractivity contribution in [2.75, 3.05) is 0 Å². The number of aromatic nitrogens is 5. The van der Waals surface area contributed by atoms with Gasteiger partial charge in [0.25, 0.3) is 0 Å². The number of ether oxygens (including phenoxy) is 2. The molecule has 196 valence electrons. The highest BCUT2D eigenvalue weighted by Crippen LogP contribution is 2.40. The lowest BCUT2D eigenvalue weighted by molar-refractivity contribution is -0.189. The fourth-order valence-electron chi connectivity index (χ4n) is 3.38. The van der Waals surface area contributed by atoms with E-state index >= 15 is 4.39 Å². The number of halogens is 6. The van der Waals surface area contributed by atoms with E-state index in [0.717, 1.165) is 22.9 Å². The van der Waals surface area contributed by atoms with Crippen LogP contribution in [0, 0.1) is 11.6 Å². The summed E-state index contributed by atoms with van der Waals surface area (Å²) in [6, 6.07) is 4.68. The highest BCUT2D eigenvalue weighted by molar-refractivity contribution is 6.32. The van der Waals surface area contributed by atoms with Crippen LogP contribution in [0.5, 0.6) is 17.5 Å². The Bertz CT molecular complexity index is 1520. The number of aliphatic hydroxyl groups excluding tert-OH is 1. The quantitative estimate of drug-likeness (QED) is 0.340. The molecule has 1 atom stereocenters. The van der Waals surface area contributed by atoms with Gasteiger partial charge in [-0.25, -0.2) is 18.6 Å². The Kier molecular flexibility index (Phi) is 7.06. The molecule has 0 amide bonds. The second-order valence-corrected chi connectivity index (χ2v) is 7.97. The molecule has 1 aromatic carbocycles. The number of para-hydroxylation sites is 1. The van der Waals surface area contributed by atoms with Gasteiger partial charge in [0.1, 0.15) is 12.0 Å². The summed E-state index contributed by atoms with van der Waals surface area (Å²) >= 11 is 5.98. The van der Waals surface area contributed by atoms with Gasteiger partial charge in [0.2, 0.25) is 11.8 Å². The minimum atomic E-state index is -4.86. The Morgan fingerprint density at radius 3 is 2.51 bits per heavy atom. The van der Waals surface area contributed by atoms with Crippen molar-refractivity contribution >= 4 is 22.4 Å². The Morgan fingerprint density at radius 1 is 1.19 bits per heavy atom. The number of alkyl halides is 3. The number of pyridine rings is 2. The van der Waals surface area contributed by atoms with E-state index in [2.05, 4.69) is 15.1 Å². The van der Waals surface area contributed by atoms with Gasteiger partial charge >= 0.3 is 11.9 Å². The molecule has 3 heterocycles. The van der Waals surface area contributed by atoms with Gasteiger partial charge in [-0.2, -0.15) is 22.8 Å². The Labute approximate surface area is 209 Å². The van der Waals surface area contributed by atoms with Gasteiger partial charge in [0.15, 0.2) is 35.1 Å². The van der Waals surface area contributed by atoms with E-state index in [1.54, 1.807) is 6.92 Å². The maximum absolute atomic E-state index is 15.7. The van der Waals surface area contributed by atoms with Crippen molar-refractivity contribution in [2.24, 2.45) is 0 Å². The zero-order chi connectivity index (χ0) is 27.1. The number of fused-ring (bicyclic) bond motifs is 1. The average molecular weight is 546 g/mol. The van der Waals surface area contributed by atoms with Crippen LogP contribution in [-0.2, 0) is 13.2 Å². The van der Waals surface area contributed by atoms with Crippen LogP contribution < -0.4 is 15.2 Å². The molecule has 4 rings (SSSR count). The zero-order valence-electron chi connectivity index (χ0n) is 19.1. The van der Waals surface area contributed by atoms with Crippen molar-refractivity contribution in [3.8, 4) is 23.3 Å². The first kappa shape index (κ1) is 26.3. The second kappa shape index (κ2) is 9.94. The summed E-state index contributed by atoms with van der Waals surface area (Å²) in [5.74, 6) is -4.95. The first-order valence-corrected chi connectivity index (χ1v) is 11.0. The number of benzene rings is 1. The fraction of sp³-hybridized carbons (Fsp3) is 0.273. The van der Waals surface area contributed by atoms with Gasteiger partial charge in [-0.15, -0.1) is 5.10 Å². The number of aliphatic hydroxyl groups is 1. The van der Waals surface area contributed by atoms with Crippen molar-refractivity contribution in [1.82, 2.24) is 24.3 Å². The third-order valence-corrected chi connectivity index (χ3v) is 5.53. The Balaban J connectivity index is 2.01. The van der Waals surface area contributed by atoms with Crippen molar-refractivity contribution in [2.45, 2.75) is 39.3 Å². The van der Waals surface area contributed by atoms with E-state index in [1.807, 2.05) is 0 Å². The molecule has 0 radical (unpaired) electrons. The molecule has 0 fully saturated rings. The van der Waals surface area contributed by atoms with E-state index in [9.17, 15) is 27.5 Å². The molecule has 1 unspecified atom stereocenters. The summed E-state index contributed by atoms with van der Waals surface area (Å²) in [5, 5.41) is 12.2. The molecule has 1 N–H and O–H groups in total. The zero-order valence-corrected chi connectivity index (χ0v) is 19.8. The predicted octanol–water partition coefficient (Wildman–Crippen LogP) is 4.54. The van der Waals surface area contributed by atoms with Crippen molar-refractivity contribution in [3.05, 3.63) is 63.4 Å². The Morgan fingerprint density at radius 2 is 1.92 bits per heavy atom. The lowest BCUT2D eigenvalue weighted by atomic mass is 10.2. The summed E-state index contributed by atoms with van der Waals surface area (Å²) < 4.78 is 82.1. The molecule has 0 aliphatic rings. The molecule has 3 aromatic heterocycles. The van der Waals surface area contributed by atoms with Gasteiger partial charge in [-0.3, -0.25) is 4.57 Å². The van der Waals surface area contributed by atoms with Crippen molar-refractivity contribution in [3.63, 3.8) is 0 Å². The molecule has 0 aliphatic carbocycles.